The minimum absolute atomic E-state index is 0.0292. The number of esters is 1. The number of hydrogen-bond donors (Lipinski definition) is 2. The second-order valence-electron chi connectivity index (χ2n) is 9.74. The first kappa shape index (κ1) is 21.4. The van der Waals surface area contributed by atoms with Gasteiger partial charge in [0.15, 0.2) is 0 Å². The van der Waals surface area contributed by atoms with Crippen molar-refractivity contribution in [2.24, 2.45) is 22.7 Å². The molecule has 0 spiro atoms. The van der Waals surface area contributed by atoms with Crippen LogP contribution in [0.5, 0.6) is 0 Å². The first-order valence-electron chi connectivity index (χ1n) is 10.1. The third kappa shape index (κ3) is 4.01. The van der Waals surface area contributed by atoms with E-state index in [0.29, 0.717) is 5.92 Å². The second-order valence-corrected chi connectivity index (χ2v) is 9.74. The maximum absolute atomic E-state index is 11.6. The zero-order chi connectivity index (χ0) is 19.8. The Morgan fingerprint density at radius 2 is 1.81 bits per heavy atom. The first-order chi connectivity index (χ1) is 11.9. The van der Waals surface area contributed by atoms with Gasteiger partial charge in [-0.1, -0.05) is 32.4 Å². The number of fused-ring (bicyclic) bond motifs is 1. The maximum Gasteiger partial charge on any atom is 0.302 e. The number of carbonyl (C=O) groups is 1. The van der Waals surface area contributed by atoms with E-state index in [1.165, 1.54) is 12.5 Å². The molecule has 5 atom stereocenters. The van der Waals surface area contributed by atoms with Gasteiger partial charge in [0.05, 0.1) is 12.2 Å². The lowest BCUT2D eigenvalue weighted by Crippen LogP contribution is -2.61. The molecule has 2 rings (SSSR count). The van der Waals surface area contributed by atoms with Crippen LogP contribution in [0.25, 0.3) is 0 Å². The van der Waals surface area contributed by atoms with Crippen molar-refractivity contribution in [1.82, 2.24) is 0 Å². The minimum atomic E-state index is -0.672. The summed E-state index contributed by atoms with van der Waals surface area (Å²) in [5.41, 5.74) is 0.446. The first-order valence-corrected chi connectivity index (χ1v) is 10.1. The van der Waals surface area contributed by atoms with Crippen molar-refractivity contribution in [1.29, 1.82) is 0 Å². The Balaban J connectivity index is 2.28. The van der Waals surface area contributed by atoms with Gasteiger partial charge in [0.2, 0.25) is 0 Å². The molecule has 0 radical (unpaired) electrons. The largest absolute Gasteiger partial charge is 0.462 e. The minimum Gasteiger partial charge on any atom is -0.462 e. The molecule has 2 aliphatic rings. The Morgan fingerprint density at radius 1 is 1.15 bits per heavy atom. The Hall–Kier alpha value is -0.870. The van der Waals surface area contributed by atoms with Gasteiger partial charge in [0.1, 0.15) is 6.10 Å². The van der Waals surface area contributed by atoms with E-state index in [0.717, 1.165) is 38.5 Å². The summed E-state index contributed by atoms with van der Waals surface area (Å²) < 4.78 is 5.68. The topological polar surface area (TPSA) is 66.8 Å². The highest BCUT2D eigenvalue weighted by Gasteiger charge is 2.60. The van der Waals surface area contributed by atoms with Crippen LogP contribution in [0.15, 0.2) is 11.6 Å². The number of hydrogen-bond acceptors (Lipinski definition) is 4. The molecule has 0 saturated heterocycles. The fourth-order valence-corrected chi connectivity index (χ4v) is 6.18. The Morgan fingerprint density at radius 3 is 2.38 bits per heavy atom. The van der Waals surface area contributed by atoms with E-state index >= 15 is 0 Å². The van der Waals surface area contributed by atoms with Gasteiger partial charge in [-0.25, -0.2) is 0 Å². The number of rotatable bonds is 5. The maximum atomic E-state index is 11.6. The third-order valence-corrected chi connectivity index (χ3v) is 7.53. The summed E-state index contributed by atoms with van der Waals surface area (Å²) in [4.78, 5) is 11.6. The van der Waals surface area contributed by atoms with E-state index in [1.807, 2.05) is 13.0 Å². The molecular weight excluding hydrogens is 328 g/mol. The van der Waals surface area contributed by atoms with Gasteiger partial charge in [-0.05, 0) is 69.6 Å². The normalized spacial score (nSPS) is 40.0. The van der Waals surface area contributed by atoms with Gasteiger partial charge >= 0.3 is 5.97 Å². The van der Waals surface area contributed by atoms with Crippen LogP contribution in [0.2, 0.25) is 0 Å². The lowest BCUT2D eigenvalue weighted by Gasteiger charge is -2.62. The Bertz CT molecular complexity index is 548. The van der Waals surface area contributed by atoms with Crippen LogP contribution < -0.4 is 0 Å². The molecule has 0 aliphatic heterocycles. The molecule has 4 nitrogen and oxygen atoms in total. The molecule has 0 amide bonds. The molecule has 2 fully saturated rings. The standard InChI is InChI=1S/C22H38O4/c1-15(11-14-23)7-8-18-21(5)12-10-19(26-16(2)24)20(3,4)17(21)9-13-22(18,6)25/h11,17-19,23,25H,7-10,12-14H2,1-6H3/b15-11+/t17-,18+,19+,21+,22+/m1/s1. The lowest BCUT2D eigenvalue weighted by molar-refractivity contribution is -0.207. The predicted molar refractivity (Wildman–Crippen MR) is 104 cm³/mol. The number of ether oxygens (including phenoxy) is 1. The van der Waals surface area contributed by atoms with Crippen molar-refractivity contribution in [3.8, 4) is 0 Å². The van der Waals surface area contributed by atoms with Crippen molar-refractivity contribution in [2.75, 3.05) is 6.61 Å². The highest BCUT2D eigenvalue weighted by molar-refractivity contribution is 5.66. The summed E-state index contributed by atoms with van der Waals surface area (Å²) in [5.74, 6) is 0.421. The lowest BCUT2D eigenvalue weighted by atomic mass is 9.44. The molecule has 2 N–H and O–H groups in total. The quantitative estimate of drug-likeness (QED) is 0.564. The van der Waals surface area contributed by atoms with E-state index in [1.54, 1.807) is 0 Å². The summed E-state index contributed by atoms with van der Waals surface area (Å²) in [6.45, 7) is 12.4. The van der Waals surface area contributed by atoms with Gasteiger partial charge in [0, 0.05) is 12.3 Å². The average molecular weight is 367 g/mol. The van der Waals surface area contributed by atoms with Crippen molar-refractivity contribution in [2.45, 2.75) is 91.8 Å². The van der Waals surface area contributed by atoms with Gasteiger partial charge < -0.3 is 14.9 Å². The smallest absolute Gasteiger partial charge is 0.302 e. The highest BCUT2D eigenvalue weighted by Crippen LogP contribution is 2.63. The van der Waals surface area contributed by atoms with E-state index in [-0.39, 0.29) is 35.4 Å². The zero-order valence-corrected chi connectivity index (χ0v) is 17.5. The molecule has 0 aromatic heterocycles. The molecular formula is C22H38O4. The molecule has 150 valence electrons. The molecule has 0 bridgehead atoms. The second kappa shape index (κ2) is 7.63. The average Bonchev–Trinajstić information content (AvgIpc) is 2.49. The predicted octanol–water partition coefficient (Wildman–Crippen LogP) is 4.24. The van der Waals surface area contributed by atoms with Crippen molar-refractivity contribution >= 4 is 5.97 Å². The summed E-state index contributed by atoms with van der Waals surface area (Å²) in [7, 11) is 0. The highest BCUT2D eigenvalue weighted by atomic mass is 16.5. The summed E-state index contributed by atoms with van der Waals surface area (Å²) in [5, 5.41) is 20.3. The van der Waals surface area contributed by atoms with E-state index in [9.17, 15) is 9.90 Å². The van der Waals surface area contributed by atoms with E-state index in [2.05, 4.69) is 27.7 Å². The van der Waals surface area contributed by atoms with Crippen LogP contribution in [-0.2, 0) is 9.53 Å². The molecule has 4 heteroatoms. The summed E-state index contributed by atoms with van der Waals surface area (Å²) in [6, 6.07) is 0. The molecule has 2 saturated carbocycles. The van der Waals surface area contributed by atoms with Gasteiger partial charge in [-0.2, -0.15) is 0 Å². The SMILES string of the molecule is CC(=O)O[C@H]1CC[C@@]2(C)[C@H](CC[C@](C)(O)[C@H]2CC/C(C)=C/CO)C1(C)C. The fourth-order valence-electron chi connectivity index (χ4n) is 6.18. The third-order valence-electron chi connectivity index (χ3n) is 7.53. The van der Waals surface area contributed by atoms with Crippen LogP contribution >= 0.6 is 0 Å². The van der Waals surface area contributed by atoms with Crippen LogP contribution in [0.4, 0.5) is 0 Å². The van der Waals surface area contributed by atoms with Crippen LogP contribution in [0.3, 0.4) is 0 Å². The number of carbonyl (C=O) groups excluding carboxylic acids is 1. The van der Waals surface area contributed by atoms with Crippen LogP contribution in [0, 0.1) is 22.7 Å². The van der Waals surface area contributed by atoms with E-state index < -0.39 is 5.60 Å². The van der Waals surface area contributed by atoms with Gasteiger partial charge in [-0.15, -0.1) is 0 Å². The Labute approximate surface area is 159 Å². The number of allylic oxidation sites excluding steroid dienone is 1. The Kier molecular flexibility index (Phi) is 6.29. The monoisotopic (exact) mass is 366 g/mol. The number of aliphatic hydroxyl groups excluding tert-OH is 1. The van der Waals surface area contributed by atoms with Crippen molar-refractivity contribution in [3.63, 3.8) is 0 Å². The van der Waals surface area contributed by atoms with Gasteiger partial charge in [0.25, 0.3) is 0 Å². The van der Waals surface area contributed by atoms with Crippen LogP contribution in [-0.4, -0.2) is 34.5 Å². The van der Waals surface area contributed by atoms with Gasteiger partial charge in [-0.3, -0.25) is 4.79 Å². The van der Waals surface area contributed by atoms with E-state index in [4.69, 9.17) is 9.84 Å². The molecule has 0 aromatic carbocycles. The zero-order valence-electron chi connectivity index (χ0n) is 17.5. The molecule has 0 aromatic rings. The summed E-state index contributed by atoms with van der Waals surface area (Å²) in [6.07, 6.45) is 7.23. The molecule has 2 aliphatic carbocycles. The van der Waals surface area contributed by atoms with Crippen molar-refractivity contribution < 1.29 is 19.7 Å². The number of aliphatic hydroxyl groups is 2. The van der Waals surface area contributed by atoms with Crippen LogP contribution in [0.1, 0.15) is 80.1 Å². The molecule has 0 unspecified atom stereocenters. The molecule has 0 heterocycles. The fraction of sp³-hybridized carbons (Fsp3) is 0.864. The summed E-state index contributed by atoms with van der Waals surface area (Å²) >= 11 is 0. The van der Waals surface area contributed by atoms with Crippen molar-refractivity contribution in [3.05, 3.63) is 11.6 Å². The molecule has 26 heavy (non-hydrogen) atoms.